The van der Waals surface area contributed by atoms with Gasteiger partial charge >= 0.3 is 5.97 Å². The van der Waals surface area contributed by atoms with E-state index >= 15 is 0 Å². The first kappa shape index (κ1) is 12.2. The second kappa shape index (κ2) is 6.59. The summed E-state index contributed by atoms with van der Waals surface area (Å²) in [5.74, 6) is -0.260. The predicted octanol–water partition coefficient (Wildman–Crippen LogP) is 1.89. The maximum atomic E-state index is 11.0. The van der Waals surface area contributed by atoms with Gasteiger partial charge in [0.1, 0.15) is 0 Å². The van der Waals surface area contributed by atoms with Crippen molar-refractivity contribution in [3.05, 3.63) is 41.2 Å². The smallest absolute Gasteiger partial charge is 0.319 e. The molecule has 0 aliphatic rings. The predicted molar refractivity (Wildman–Crippen MR) is 61.0 cm³/mol. The van der Waals surface area contributed by atoms with Gasteiger partial charge in [0, 0.05) is 6.54 Å². The number of ether oxygens (including phenoxy) is 1. The van der Waals surface area contributed by atoms with E-state index in [0.29, 0.717) is 18.8 Å². The van der Waals surface area contributed by atoms with Crippen LogP contribution in [0.5, 0.6) is 0 Å². The van der Waals surface area contributed by atoms with Gasteiger partial charge in [-0.1, -0.05) is 24.3 Å². The molecule has 0 aliphatic carbocycles. The molecule has 0 amide bonds. The van der Waals surface area contributed by atoms with Crippen molar-refractivity contribution in [2.75, 3.05) is 13.2 Å². The van der Waals surface area contributed by atoms with Crippen LogP contribution in [0, 0.1) is 6.57 Å². The van der Waals surface area contributed by atoms with E-state index in [1.807, 2.05) is 12.1 Å². The molecule has 0 aromatic heterocycles. The average Bonchev–Trinajstić information content (AvgIpc) is 2.30. The Morgan fingerprint density at radius 3 is 3.06 bits per heavy atom. The summed E-state index contributed by atoms with van der Waals surface area (Å²) >= 11 is 0. The van der Waals surface area contributed by atoms with Gasteiger partial charge in [0.05, 0.1) is 19.7 Å². The van der Waals surface area contributed by atoms with Crippen LogP contribution in [-0.4, -0.2) is 19.1 Å². The monoisotopic (exact) mass is 218 g/mol. The summed E-state index contributed by atoms with van der Waals surface area (Å²) in [6.45, 7) is 9.79. The summed E-state index contributed by atoms with van der Waals surface area (Å²) in [5.41, 5.74) is 1.59. The molecule has 0 saturated heterocycles. The molecule has 0 atom stereocenters. The van der Waals surface area contributed by atoms with E-state index in [1.165, 1.54) is 0 Å². The van der Waals surface area contributed by atoms with Crippen LogP contribution in [0.3, 0.4) is 0 Å². The number of nitrogens with one attached hydrogen (secondary N) is 1. The summed E-state index contributed by atoms with van der Waals surface area (Å²) in [7, 11) is 0. The van der Waals surface area contributed by atoms with Crippen molar-refractivity contribution in [1.29, 1.82) is 0 Å². The molecule has 0 spiro atoms. The average molecular weight is 218 g/mol. The van der Waals surface area contributed by atoms with Crippen LogP contribution < -0.4 is 5.32 Å². The highest BCUT2D eigenvalue weighted by Crippen LogP contribution is 2.13. The second-order valence-electron chi connectivity index (χ2n) is 3.19. The van der Waals surface area contributed by atoms with E-state index in [2.05, 4.69) is 10.2 Å². The molecule has 4 heteroatoms. The summed E-state index contributed by atoms with van der Waals surface area (Å²) in [6, 6.07) is 7.29. The van der Waals surface area contributed by atoms with Crippen LogP contribution in [0.1, 0.15) is 12.5 Å². The Bertz CT molecular complexity index is 396. The molecular weight excluding hydrogens is 204 g/mol. The third-order valence-electron chi connectivity index (χ3n) is 1.94. The van der Waals surface area contributed by atoms with Crippen LogP contribution in [0.25, 0.3) is 4.85 Å². The molecule has 1 aromatic rings. The van der Waals surface area contributed by atoms with Gasteiger partial charge in [-0.15, -0.1) is 0 Å². The van der Waals surface area contributed by atoms with Gasteiger partial charge in [-0.25, -0.2) is 4.85 Å². The Morgan fingerprint density at radius 2 is 2.38 bits per heavy atom. The zero-order valence-electron chi connectivity index (χ0n) is 9.19. The summed E-state index contributed by atoms with van der Waals surface area (Å²) in [5, 5.41) is 2.96. The lowest BCUT2D eigenvalue weighted by Crippen LogP contribution is -2.24. The van der Waals surface area contributed by atoms with Crippen molar-refractivity contribution in [1.82, 2.24) is 5.32 Å². The van der Waals surface area contributed by atoms with Crippen molar-refractivity contribution >= 4 is 11.7 Å². The third kappa shape index (κ3) is 4.11. The van der Waals surface area contributed by atoms with Crippen LogP contribution in [0.2, 0.25) is 0 Å². The Balaban J connectivity index is 2.37. The van der Waals surface area contributed by atoms with Gasteiger partial charge in [0.15, 0.2) is 5.69 Å². The van der Waals surface area contributed by atoms with E-state index in [0.717, 1.165) is 5.56 Å². The molecular formula is C12H14N2O2. The minimum atomic E-state index is -0.260. The fourth-order valence-corrected chi connectivity index (χ4v) is 1.26. The lowest BCUT2D eigenvalue weighted by atomic mass is 10.2. The SMILES string of the molecule is [C-]#[N+]c1cccc(CNCC(=O)OCC)c1. The van der Waals surface area contributed by atoms with Crippen LogP contribution in [0.4, 0.5) is 5.69 Å². The number of carbonyl (C=O) groups is 1. The molecule has 1 rings (SSSR count). The van der Waals surface area contributed by atoms with Crippen molar-refractivity contribution in [2.45, 2.75) is 13.5 Å². The number of nitrogens with zero attached hydrogens (tertiary/aromatic N) is 1. The van der Waals surface area contributed by atoms with Crippen molar-refractivity contribution < 1.29 is 9.53 Å². The first-order chi connectivity index (χ1) is 7.76. The van der Waals surface area contributed by atoms with Crippen LogP contribution in [-0.2, 0) is 16.1 Å². The molecule has 4 nitrogen and oxygen atoms in total. The molecule has 0 fully saturated rings. The van der Waals surface area contributed by atoms with Gasteiger partial charge < -0.3 is 10.1 Å². The highest BCUT2D eigenvalue weighted by atomic mass is 16.5. The zero-order chi connectivity index (χ0) is 11.8. The zero-order valence-corrected chi connectivity index (χ0v) is 9.19. The Kier molecular flexibility index (Phi) is 5.03. The number of esters is 1. The van der Waals surface area contributed by atoms with Gasteiger partial charge in [-0.3, -0.25) is 4.79 Å². The molecule has 0 bridgehead atoms. The second-order valence-corrected chi connectivity index (χ2v) is 3.19. The summed E-state index contributed by atoms with van der Waals surface area (Å²) in [6.07, 6.45) is 0. The molecule has 16 heavy (non-hydrogen) atoms. The van der Waals surface area contributed by atoms with Crippen molar-refractivity contribution in [3.63, 3.8) is 0 Å². The molecule has 0 aliphatic heterocycles. The molecule has 0 heterocycles. The van der Waals surface area contributed by atoms with Gasteiger partial charge in [-0.2, -0.15) is 0 Å². The molecule has 0 saturated carbocycles. The minimum absolute atomic E-state index is 0.191. The molecule has 0 unspecified atom stereocenters. The lowest BCUT2D eigenvalue weighted by molar-refractivity contribution is -0.142. The fraction of sp³-hybridized carbons (Fsp3) is 0.333. The largest absolute Gasteiger partial charge is 0.465 e. The van der Waals surface area contributed by atoms with E-state index in [9.17, 15) is 4.79 Å². The molecule has 84 valence electrons. The normalized spacial score (nSPS) is 9.50. The molecule has 1 N–H and O–H groups in total. The first-order valence-electron chi connectivity index (χ1n) is 5.09. The van der Waals surface area contributed by atoms with Crippen molar-refractivity contribution in [3.8, 4) is 0 Å². The highest BCUT2D eigenvalue weighted by Gasteiger charge is 2.00. The number of hydrogen-bond donors (Lipinski definition) is 1. The fourth-order valence-electron chi connectivity index (χ4n) is 1.26. The van der Waals surface area contributed by atoms with E-state index < -0.39 is 0 Å². The highest BCUT2D eigenvalue weighted by molar-refractivity contribution is 5.71. The standard InChI is InChI=1S/C12H14N2O2/c1-3-16-12(15)9-14-8-10-5-4-6-11(7-10)13-2/h4-7,14H,3,8-9H2,1H3. The van der Waals surface area contributed by atoms with E-state index in [-0.39, 0.29) is 12.5 Å². The number of benzene rings is 1. The molecule has 1 aromatic carbocycles. The minimum Gasteiger partial charge on any atom is -0.465 e. The topological polar surface area (TPSA) is 42.7 Å². The number of rotatable bonds is 5. The lowest BCUT2D eigenvalue weighted by Gasteiger charge is -2.04. The van der Waals surface area contributed by atoms with Gasteiger partial charge in [0.25, 0.3) is 0 Å². The first-order valence-corrected chi connectivity index (χ1v) is 5.09. The Hall–Kier alpha value is -1.86. The van der Waals surface area contributed by atoms with E-state index in [1.54, 1.807) is 19.1 Å². The van der Waals surface area contributed by atoms with Gasteiger partial charge in [-0.05, 0) is 12.5 Å². The molecule has 0 radical (unpaired) electrons. The summed E-state index contributed by atoms with van der Waals surface area (Å²) < 4.78 is 4.77. The van der Waals surface area contributed by atoms with E-state index in [4.69, 9.17) is 11.3 Å². The van der Waals surface area contributed by atoms with Gasteiger partial charge in [0.2, 0.25) is 0 Å². The maximum absolute atomic E-state index is 11.0. The maximum Gasteiger partial charge on any atom is 0.319 e. The Morgan fingerprint density at radius 1 is 1.56 bits per heavy atom. The van der Waals surface area contributed by atoms with Crippen LogP contribution in [0.15, 0.2) is 24.3 Å². The Labute approximate surface area is 95.0 Å². The quantitative estimate of drug-likeness (QED) is 0.606. The van der Waals surface area contributed by atoms with Crippen molar-refractivity contribution in [2.24, 2.45) is 0 Å². The number of hydrogen-bond acceptors (Lipinski definition) is 3. The third-order valence-corrected chi connectivity index (χ3v) is 1.94. The number of carbonyl (C=O) groups excluding carboxylic acids is 1. The van der Waals surface area contributed by atoms with Crippen LogP contribution >= 0.6 is 0 Å². The summed E-state index contributed by atoms with van der Waals surface area (Å²) in [4.78, 5) is 14.4.